The highest BCUT2D eigenvalue weighted by Gasteiger charge is 2.19. The molecule has 3 heteroatoms. The molecular formula is C16H23NOS. The van der Waals surface area contributed by atoms with Crippen molar-refractivity contribution in [3.63, 3.8) is 0 Å². The van der Waals surface area contributed by atoms with Crippen LogP contribution in [0.1, 0.15) is 43.0 Å². The van der Waals surface area contributed by atoms with E-state index in [1.807, 2.05) is 36.9 Å². The quantitative estimate of drug-likeness (QED) is 0.776. The Labute approximate surface area is 120 Å². The van der Waals surface area contributed by atoms with Gasteiger partial charge in [-0.1, -0.05) is 19.1 Å². The summed E-state index contributed by atoms with van der Waals surface area (Å²) in [5.41, 5.74) is 2.03. The van der Waals surface area contributed by atoms with Crippen molar-refractivity contribution in [2.45, 2.75) is 37.9 Å². The Balaban J connectivity index is 2.19. The average Bonchev–Trinajstić information content (AvgIpc) is 2.71. The van der Waals surface area contributed by atoms with E-state index < -0.39 is 0 Å². The monoisotopic (exact) mass is 277 g/mol. The number of carbonyl (C=O) groups is 1. The molecule has 0 saturated carbocycles. The van der Waals surface area contributed by atoms with Gasteiger partial charge in [0.15, 0.2) is 5.78 Å². The van der Waals surface area contributed by atoms with Crippen LogP contribution in [0.15, 0.2) is 24.3 Å². The summed E-state index contributed by atoms with van der Waals surface area (Å²) in [5, 5.41) is 0.777. The third kappa shape index (κ3) is 3.53. The van der Waals surface area contributed by atoms with E-state index in [1.54, 1.807) is 0 Å². The first-order chi connectivity index (χ1) is 9.26. The molecule has 2 rings (SSSR count). The van der Waals surface area contributed by atoms with E-state index in [-0.39, 0.29) is 5.78 Å². The molecule has 1 unspecified atom stereocenters. The molecule has 0 N–H and O–H groups in total. The molecule has 0 amide bonds. The molecule has 1 fully saturated rings. The molecule has 1 heterocycles. The molecule has 0 spiro atoms. The summed E-state index contributed by atoms with van der Waals surface area (Å²) < 4.78 is 0. The van der Waals surface area contributed by atoms with E-state index in [0.717, 1.165) is 29.6 Å². The predicted molar refractivity (Wildman–Crippen MR) is 84.4 cm³/mol. The Morgan fingerprint density at radius 2 is 2.11 bits per heavy atom. The lowest BCUT2D eigenvalue weighted by Crippen LogP contribution is -2.26. The maximum atomic E-state index is 12.1. The van der Waals surface area contributed by atoms with Crippen LogP contribution in [-0.2, 0) is 0 Å². The van der Waals surface area contributed by atoms with Crippen LogP contribution in [-0.4, -0.2) is 30.4 Å². The van der Waals surface area contributed by atoms with Crippen molar-refractivity contribution in [3.05, 3.63) is 29.8 Å². The van der Waals surface area contributed by atoms with Gasteiger partial charge >= 0.3 is 0 Å². The molecule has 1 aliphatic rings. The minimum absolute atomic E-state index is 0.251. The maximum Gasteiger partial charge on any atom is 0.164 e. The van der Waals surface area contributed by atoms with Crippen molar-refractivity contribution < 1.29 is 4.79 Å². The topological polar surface area (TPSA) is 20.3 Å². The number of Topliss-reactive ketones (excluding diaryl/α,β-unsaturated/α-hetero) is 1. The SMILES string of the molecule is CCC(=O)c1ccccc1N1CCCC(SC)CC1. The number of ketones is 1. The fourth-order valence-electron chi connectivity index (χ4n) is 2.72. The minimum Gasteiger partial charge on any atom is -0.371 e. The zero-order valence-corrected chi connectivity index (χ0v) is 12.7. The largest absolute Gasteiger partial charge is 0.371 e. The number of benzene rings is 1. The average molecular weight is 277 g/mol. The molecule has 0 bridgehead atoms. The van der Waals surface area contributed by atoms with Crippen LogP contribution in [0, 0.1) is 0 Å². The van der Waals surface area contributed by atoms with Gasteiger partial charge in [-0.3, -0.25) is 4.79 Å². The van der Waals surface area contributed by atoms with E-state index in [0.29, 0.717) is 6.42 Å². The molecule has 1 aromatic carbocycles. The van der Waals surface area contributed by atoms with Gasteiger partial charge in [-0.05, 0) is 37.7 Å². The van der Waals surface area contributed by atoms with Gasteiger partial charge in [0.1, 0.15) is 0 Å². The standard InChI is InChI=1S/C16H23NOS/c1-3-16(18)14-8-4-5-9-15(14)17-11-6-7-13(19-2)10-12-17/h4-5,8-9,13H,3,6-7,10-12H2,1-2H3. The van der Waals surface area contributed by atoms with Gasteiger partial charge in [0.05, 0.1) is 0 Å². The maximum absolute atomic E-state index is 12.1. The lowest BCUT2D eigenvalue weighted by atomic mass is 10.1. The van der Waals surface area contributed by atoms with E-state index in [4.69, 9.17) is 0 Å². The Morgan fingerprint density at radius 3 is 2.84 bits per heavy atom. The number of hydrogen-bond acceptors (Lipinski definition) is 3. The smallest absolute Gasteiger partial charge is 0.164 e. The van der Waals surface area contributed by atoms with Gasteiger partial charge in [0.2, 0.25) is 0 Å². The van der Waals surface area contributed by atoms with Crippen LogP contribution in [0.3, 0.4) is 0 Å². The highest BCUT2D eigenvalue weighted by atomic mass is 32.2. The summed E-state index contributed by atoms with van der Waals surface area (Å²) in [6.45, 7) is 4.08. The Morgan fingerprint density at radius 1 is 1.32 bits per heavy atom. The van der Waals surface area contributed by atoms with E-state index in [1.165, 1.54) is 19.3 Å². The number of rotatable bonds is 4. The summed E-state index contributed by atoms with van der Waals surface area (Å²) in [7, 11) is 0. The number of para-hydroxylation sites is 1. The van der Waals surface area contributed by atoms with Crippen LogP contribution in [0.5, 0.6) is 0 Å². The normalized spacial score (nSPS) is 20.1. The van der Waals surface area contributed by atoms with E-state index in [2.05, 4.69) is 17.2 Å². The third-order valence-corrected chi connectivity index (χ3v) is 5.01. The molecule has 1 aliphatic heterocycles. The van der Waals surface area contributed by atoms with Crippen molar-refractivity contribution in [1.82, 2.24) is 0 Å². The molecule has 104 valence electrons. The first kappa shape index (κ1) is 14.4. The Hall–Kier alpha value is -0.960. The van der Waals surface area contributed by atoms with Crippen LogP contribution in [0.2, 0.25) is 0 Å². The van der Waals surface area contributed by atoms with Crippen molar-refractivity contribution in [3.8, 4) is 0 Å². The zero-order chi connectivity index (χ0) is 13.7. The molecular weight excluding hydrogens is 254 g/mol. The molecule has 1 saturated heterocycles. The number of hydrogen-bond donors (Lipinski definition) is 0. The second-order valence-corrected chi connectivity index (χ2v) is 6.21. The van der Waals surface area contributed by atoms with Crippen molar-refractivity contribution in [1.29, 1.82) is 0 Å². The molecule has 0 aliphatic carbocycles. The lowest BCUT2D eigenvalue weighted by Gasteiger charge is -2.25. The third-order valence-electron chi connectivity index (χ3n) is 3.87. The molecule has 0 radical (unpaired) electrons. The molecule has 19 heavy (non-hydrogen) atoms. The second-order valence-electron chi connectivity index (χ2n) is 5.07. The van der Waals surface area contributed by atoms with Crippen molar-refractivity contribution in [2.24, 2.45) is 0 Å². The molecule has 1 aromatic rings. The van der Waals surface area contributed by atoms with Gasteiger partial charge in [-0.2, -0.15) is 11.8 Å². The van der Waals surface area contributed by atoms with Crippen LogP contribution in [0.25, 0.3) is 0 Å². The summed E-state index contributed by atoms with van der Waals surface area (Å²) >= 11 is 1.98. The van der Waals surface area contributed by atoms with Gasteiger partial charge in [0.25, 0.3) is 0 Å². The first-order valence-electron chi connectivity index (χ1n) is 7.16. The highest BCUT2D eigenvalue weighted by Crippen LogP contribution is 2.27. The van der Waals surface area contributed by atoms with Crippen LogP contribution >= 0.6 is 11.8 Å². The zero-order valence-electron chi connectivity index (χ0n) is 11.9. The molecule has 1 atom stereocenters. The summed E-state index contributed by atoms with van der Waals surface area (Å²) in [6, 6.07) is 8.08. The first-order valence-corrected chi connectivity index (χ1v) is 8.45. The molecule has 0 aromatic heterocycles. The van der Waals surface area contributed by atoms with Crippen molar-refractivity contribution >= 4 is 23.2 Å². The minimum atomic E-state index is 0.251. The second kappa shape index (κ2) is 6.99. The van der Waals surface area contributed by atoms with Gasteiger partial charge in [-0.25, -0.2) is 0 Å². The predicted octanol–water partition coefficient (Wildman–Crippen LogP) is 4.00. The van der Waals surface area contributed by atoms with Gasteiger partial charge in [-0.15, -0.1) is 0 Å². The van der Waals surface area contributed by atoms with E-state index in [9.17, 15) is 4.79 Å². The van der Waals surface area contributed by atoms with Gasteiger partial charge < -0.3 is 4.90 Å². The summed E-state index contributed by atoms with van der Waals surface area (Å²) in [4.78, 5) is 14.5. The van der Waals surface area contributed by atoms with Gasteiger partial charge in [0, 0.05) is 36.0 Å². The van der Waals surface area contributed by atoms with E-state index >= 15 is 0 Å². The number of thioether (sulfide) groups is 1. The molecule has 2 nitrogen and oxygen atoms in total. The fraction of sp³-hybridized carbons (Fsp3) is 0.562. The number of nitrogens with zero attached hydrogens (tertiary/aromatic N) is 1. The fourth-order valence-corrected chi connectivity index (χ4v) is 3.46. The Bertz CT molecular complexity index is 433. The number of anilines is 1. The van der Waals surface area contributed by atoms with Crippen molar-refractivity contribution in [2.75, 3.05) is 24.2 Å². The summed E-state index contributed by atoms with van der Waals surface area (Å²) in [6.07, 6.45) is 6.52. The summed E-state index contributed by atoms with van der Waals surface area (Å²) in [5.74, 6) is 0.251. The highest BCUT2D eigenvalue weighted by molar-refractivity contribution is 7.99. The Kier molecular flexibility index (Phi) is 5.32. The lowest BCUT2D eigenvalue weighted by molar-refractivity contribution is 0.0988. The number of carbonyl (C=O) groups excluding carboxylic acids is 1. The van der Waals surface area contributed by atoms with Crippen LogP contribution in [0.4, 0.5) is 5.69 Å². The van der Waals surface area contributed by atoms with Crippen LogP contribution < -0.4 is 4.90 Å².